The average Bonchev–Trinajstić information content (AvgIpc) is 0.801. The van der Waals surface area contributed by atoms with Crippen LogP contribution < -0.4 is 53.6 Å². The number of esters is 1. The Labute approximate surface area is 575 Å². The minimum atomic E-state index is -2.45. The van der Waals surface area contributed by atoms with Gasteiger partial charge in [-0.1, -0.05) is 90.0 Å². The third-order valence-corrected chi connectivity index (χ3v) is 17.2. The van der Waals surface area contributed by atoms with E-state index in [1.807, 2.05) is 19.9 Å². The van der Waals surface area contributed by atoms with Gasteiger partial charge in [-0.15, -0.1) is 0 Å². The second-order valence-corrected chi connectivity index (χ2v) is 25.5. The van der Waals surface area contributed by atoms with Gasteiger partial charge in [-0.25, -0.2) is 4.79 Å². The van der Waals surface area contributed by atoms with Crippen LogP contribution in [0.15, 0.2) is 59.8 Å². The zero-order valence-electron chi connectivity index (χ0n) is 58.8. The van der Waals surface area contributed by atoms with E-state index in [0.29, 0.717) is 12.8 Å². The standard InChI is InChI=1S/C66H102N12O21/c1-16-33(5)28-34(6)21-26-45(82)66(12,96)65(95)69-30-47(84)73-49(38(10)79)59(89)71-42(17-2)57(87)74-48(35(7)36(8)55(67)85)58(88)75-50-53(32(3)4)99-64(94)44-20-18-19-27-78(44)63(93)51(54(98-15)40-22-24-41(81)25-23-40)76-61(91)52(39(11)80)77(13)62(92)37(9)70-46(83)29-68-56(86)43(31-97-14)72-60(50)90/h17,21-26,28,32-33,35-39,43-45,48-54,79-82,96H,16,18-20,27,29-31H2,1-15H3,(H2,67,85)(H,68,86)(H,69,95)(H,70,83)(H,71,89)(H,72,90)(H,73,84)(H,74,87)(H,75,88)(H,76,91)/b26-21-,34-28+,42-17+/t33?,35-,36+,37-,38+,39+,43+,44-,45?,48-,49+,50+,51?,52+,53+,54?,66?/m0/s1. The van der Waals surface area contributed by atoms with Crippen molar-refractivity contribution in [3.8, 4) is 5.75 Å². The molecule has 2 saturated heterocycles. The van der Waals surface area contributed by atoms with E-state index in [-0.39, 0.29) is 30.2 Å². The summed E-state index contributed by atoms with van der Waals surface area (Å²) in [5.74, 6) is -17.9. The van der Waals surface area contributed by atoms with Gasteiger partial charge in [0.2, 0.25) is 59.1 Å². The Morgan fingerprint density at radius 3 is 2.05 bits per heavy atom. The smallest absolute Gasteiger partial charge is 0.329 e. The lowest BCUT2D eigenvalue weighted by Crippen LogP contribution is -2.64. The highest BCUT2D eigenvalue weighted by atomic mass is 16.5. The summed E-state index contributed by atoms with van der Waals surface area (Å²) in [6, 6.07) is -8.70. The predicted octanol–water partition coefficient (Wildman–Crippen LogP) is -3.12. The maximum atomic E-state index is 15.3. The van der Waals surface area contributed by atoms with E-state index >= 15 is 19.2 Å². The number of aliphatic hydroxyl groups is 4. The number of hydrogen-bond donors (Lipinski definition) is 15. The molecule has 2 aliphatic heterocycles. The van der Waals surface area contributed by atoms with E-state index in [4.69, 9.17) is 19.9 Å². The molecule has 33 heteroatoms. The summed E-state index contributed by atoms with van der Waals surface area (Å²) in [6.45, 7) is 14.7. The summed E-state index contributed by atoms with van der Waals surface area (Å²) >= 11 is 0. The van der Waals surface area contributed by atoms with Crippen molar-refractivity contribution < 1.29 is 102 Å². The van der Waals surface area contributed by atoms with Crippen LogP contribution in [0, 0.1) is 23.7 Å². The van der Waals surface area contributed by atoms with Crippen molar-refractivity contribution in [1.29, 1.82) is 0 Å². The van der Waals surface area contributed by atoms with E-state index in [2.05, 4.69) is 47.9 Å². The molecule has 33 nitrogen and oxygen atoms in total. The molecule has 0 bridgehead atoms. The average molecular weight is 1400 g/mol. The van der Waals surface area contributed by atoms with Crippen molar-refractivity contribution in [3.63, 3.8) is 0 Å². The Hall–Kier alpha value is -8.89. The molecule has 2 fully saturated rings. The number of aliphatic hydroxyl groups excluding tert-OH is 3. The number of hydrogen-bond acceptors (Lipinski definition) is 21. The number of amides is 12. The lowest BCUT2D eigenvalue weighted by atomic mass is 9.87. The molecule has 0 aromatic heterocycles. The molecule has 99 heavy (non-hydrogen) atoms. The van der Waals surface area contributed by atoms with Gasteiger partial charge in [0.1, 0.15) is 78.1 Å². The number of cyclic esters (lactones) is 1. The van der Waals surface area contributed by atoms with E-state index in [1.54, 1.807) is 6.92 Å². The highest BCUT2D eigenvalue weighted by Crippen LogP contribution is 2.29. The van der Waals surface area contributed by atoms with Gasteiger partial charge in [-0.05, 0) is 96.3 Å². The van der Waals surface area contributed by atoms with Gasteiger partial charge in [0, 0.05) is 33.7 Å². The Balaban J connectivity index is 2.17. The van der Waals surface area contributed by atoms with E-state index in [0.717, 1.165) is 55.9 Å². The highest BCUT2D eigenvalue weighted by molar-refractivity contribution is 6.03. The first-order valence-corrected chi connectivity index (χ1v) is 32.6. The van der Waals surface area contributed by atoms with Crippen LogP contribution in [0.1, 0.15) is 120 Å². The zero-order valence-corrected chi connectivity index (χ0v) is 58.8. The summed E-state index contributed by atoms with van der Waals surface area (Å²) in [7, 11) is 3.54. The lowest BCUT2D eigenvalue weighted by molar-refractivity contribution is -0.168. The molecular weight excluding hydrogens is 1300 g/mol. The minimum Gasteiger partial charge on any atom is -0.508 e. The van der Waals surface area contributed by atoms with E-state index in [9.17, 15) is 68.7 Å². The van der Waals surface area contributed by atoms with Crippen LogP contribution >= 0.6 is 0 Å². The second-order valence-electron chi connectivity index (χ2n) is 25.5. The number of primary amides is 1. The van der Waals surface area contributed by atoms with Crippen LogP contribution in [-0.4, -0.2) is 238 Å². The number of phenolic OH excluding ortho intramolecular Hbond substituents is 1. The Morgan fingerprint density at radius 2 is 1.49 bits per heavy atom. The molecule has 17 atom stereocenters. The molecule has 0 aliphatic carbocycles. The molecule has 0 radical (unpaired) electrons. The van der Waals surface area contributed by atoms with Gasteiger partial charge in [0.05, 0.1) is 31.9 Å². The Morgan fingerprint density at radius 1 is 0.859 bits per heavy atom. The lowest BCUT2D eigenvalue weighted by Gasteiger charge is -2.40. The number of nitrogens with zero attached hydrogens (tertiary/aromatic N) is 2. The van der Waals surface area contributed by atoms with Crippen molar-refractivity contribution in [1.82, 2.24) is 57.7 Å². The number of aromatic hydroxyl groups is 1. The van der Waals surface area contributed by atoms with Crippen LogP contribution in [0.5, 0.6) is 5.75 Å². The molecule has 12 amide bonds. The molecule has 552 valence electrons. The number of nitrogens with two attached hydrogens (primary N) is 1. The topological polar surface area (TPSA) is 492 Å². The van der Waals surface area contributed by atoms with Crippen molar-refractivity contribution >= 4 is 76.9 Å². The van der Waals surface area contributed by atoms with Crippen molar-refractivity contribution in [2.24, 2.45) is 29.4 Å². The molecule has 2 aliphatic rings. The maximum Gasteiger partial charge on any atom is 0.329 e. The number of allylic oxidation sites excluding steroid dienone is 4. The maximum absolute atomic E-state index is 15.3. The Bertz CT molecular complexity index is 3140. The number of carbonyl (C=O) groups is 13. The van der Waals surface area contributed by atoms with Crippen LogP contribution in [0.4, 0.5) is 0 Å². The number of piperidine rings is 1. The van der Waals surface area contributed by atoms with Crippen LogP contribution in [0.3, 0.4) is 0 Å². The summed E-state index contributed by atoms with van der Waals surface area (Å²) in [5, 5.41) is 75.0. The molecule has 5 unspecified atom stereocenters. The molecule has 1 aromatic carbocycles. The Kier molecular flexibility index (Phi) is 33.3. The van der Waals surface area contributed by atoms with E-state index < -0.39 is 204 Å². The molecular formula is C66H102N12O21. The minimum absolute atomic E-state index is 0.0856. The molecule has 0 saturated carbocycles. The largest absolute Gasteiger partial charge is 0.508 e. The van der Waals surface area contributed by atoms with Gasteiger partial charge in [-0.2, -0.15) is 0 Å². The number of carbonyl (C=O) groups excluding carboxylic acids is 13. The van der Waals surface area contributed by atoms with Gasteiger partial charge < -0.3 is 103 Å². The molecule has 2 heterocycles. The monoisotopic (exact) mass is 1400 g/mol. The third kappa shape index (κ3) is 23.9. The van der Waals surface area contributed by atoms with Crippen molar-refractivity contribution in [3.05, 3.63) is 65.4 Å². The summed E-state index contributed by atoms with van der Waals surface area (Å²) in [6.07, 6.45) is -1.18. The summed E-state index contributed by atoms with van der Waals surface area (Å²) < 4.78 is 17.3. The van der Waals surface area contributed by atoms with Crippen LogP contribution in [-0.2, 0) is 76.5 Å². The number of ether oxygens (including phenoxy) is 3. The van der Waals surface area contributed by atoms with Crippen molar-refractivity contribution in [2.45, 2.75) is 193 Å². The highest BCUT2D eigenvalue weighted by Gasteiger charge is 2.47. The normalized spacial score (nSPS) is 24.1. The fourth-order valence-electron chi connectivity index (χ4n) is 10.8. The van der Waals surface area contributed by atoms with Crippen LogP contribution in [0.25, 0.3) is 0 Å². The fraction of sp³-hybridized carbons (Fsp3) is 0.621. The van der Waals surface area contributed by atoms with Gasteiger partial charge in [0.25, 0.3) is 11.8 Å². The first-order chi connectivity index (χ1) is 46.3. The summed E-state index contributed by atoms with van der Waals surface area (Å²) in [5.41, 5.74) is 3.64. The zero-order chi connectivity index (χ0) is 75.1. The molecule has 1 aromatic rings. The SMILES string of the molecule is C/C=C(/NC(=O)[C@H](NC(=O)CNC(=O)C(C)(O)C(O)/C=C\C(C)=C\C(C)CC)[C@@H](C)O)C(=O)N[C@H](C(=O)N[C@H]1C(=O)N[C@H](COC)C(=O)NCC(=O)N[C@@H](C)C(=O)N(C)[C@H]([C@@H](C)O)C(=O)NC(C(OC)c2ccc(O)cc2)C(=O)N2CCCC[C@H]2C(=O)O[C@@H]1C(C)C)[C@@H](C)[C@@H](C)C(N)=O. The quantitative estimate of drug-likeness (QED) is 0.0248. The number of likely N-dealkylation sites (N-methyl/N-ethyl adjacent to an activating group) is 1. The van der Waals surface area contributed by atoms with Gasteiger partial charge in [-0.3, -0.25) is 57.5 Å². The first-order valence-electron chi connectivity index (χ1n) is 32.6. The summed E-state index contributed by atoms with van der Waals surface area (Å²) in [4.78, 5) is 186. The number of phenols is 1. The first kappa shape index (κ1) is 84.3. The number of methoxy groups -OCH3 is 2. The van der Waals surface area contributed by atoms with Gasteiger partial charge in [0.15, 0.2) is 5.60 Å². The molecule has 3 rings (SSSR count). The van der Waals surface area contributed by atoms with Crippen molar-refractivity contribution in [2.75, 3.05) is 47.5 Å². The number of fused-ring (bicyclic) bond motifs is 1. The molecule has 0 spiro atoms. The molecule has 16 N–H and O–H groups in total. The van der Waals surface area contributed by atoms with E-state index in [1.165, 1.54) is 92.0 Å². The number of nitrogens with one attached hydrogen (secondary N) is 9. The predicted molar refractivity (Wildman–Crippen MR) is 355 cm³/mol. The van der Waals surface area contributed by atoms with Gasteiger partial charge >= 0.3 is 5.97 Å². The van der Waals surface area contributed by atoms with Crippen LogP contribution in [0.2, 0.25) is 0 Å². The number of rotatable bonds is 26. The second kappa shape index (κ2) is 39.0. The fourth-order valence-corrected chi connectivity index (χ4v) is 10.8. The third-order valence-electron chi connectivity index (χ3n) is 17.2. The number of benzene rings is 1.